The molecular weight excluding hydrogens is 482 g/mol. The van der Waals surface area contributed by atoms with Gasteiger partial charge in [0.1, 0.15) is 5.75 Å². The maximum Gasteiger partial charge on any atom is 0.328 e. The molecule has 3 N–H and O–H groups in total. The first-order valence-electron chi connectivity index (χ1n) is 11.8. The summed E-state index contributed by atoms with van der Waals surface area (Å²) in [6.07, 6.45) is 8.16. The number of carboxylic acids is 1. The van der Waals surface area contributed by atoms with E-state index in [4.69, 9.17) is 16.3 Å². The number of hydrogen-bond donors (Lipinski definition) is 3. The zero-order valence-electron chi connectivity index (χ0n) is 21.2. The Balaban J connectivity index is 1.66. The summed E-state index contributed by atoms with van der Waals surface area (Å²) < 4.78 is 5.45. The lowest BCUT2D eigenvalue weighted by Crippen LogP contribution is -2.32. The van der Waals surface area contributed by atoms with Gasteiger partial charge in [-0.2, -0.15) is 0 Å². The molecule has 0 unspecified atom stereocenters. The zero-order valence-corrected chi connectivity index (χ0v) is 21.2. The number of aliphatic carboxylic acids is 1. The molecule has 0 aliphatic heterocycles. The lowest BCUT2D eigenvalue weighted by Gasteiger charge is -2.21. The van der Waals surface area contributed by atoms with Crippen LogP contribution in [0.4, 0.5) is 16.2 Å². The number of ether oxygens (including phenoxy) is 1. The summed E-state index contributed by atoms with van der Waals surface area (Å²) in [6.45, 7) is 2.34. The SMILES string of the molecule is C#CCN(Cc1ccc(/C=C/C(=O)O)cc1)C(=O)Cc1ccc(NC(=O)Nc2ccccc2C)c(OC)c1. The topological polar surface area (TPSA) is 108 Å². The molecule has 0 saturated carbocycles. The molecular formula is C30H29N3O5. The molecule has 0 aromatic heterocycles. The van der Waals surface area contributed by atoms with Crippen molar-refractivity contribution in [1.82, 2.24) is 4.90 Å². The Bertz CT molecular complexity index is 1370. The Hall–Kier alpha value is -5.03. The molecule has 3 aromatic carbocycles. The van der Waals surface area contributed by atoms with Gasteiger partial charge in [0.15, 0.2) is 0 Å². The van der Waals surface area contributed by atoms with Crippen LogP contribution in [0.25, 0.3) is 6.08 Å². The second-order valence-corrected chi connectivity index (χ2v) is 8.47. The van der Waals surface area contributed by atoms with Gasteiger partial charge < -0.3 is 25.4 Å². The first kappa shape index (κ1) is 27.6. The minimum absolute atomic E-state index is 0.0904. The molecule has 0 heterocycles. The van der Waals surface area contributed by atoms with Crippen molar-refractivity contribution in [3.63, 3.8) is 0 Å². The van der Waals surface area contributed by atoms with Crippen molar-refractivity contribution in [2.75, 3.05) is 24.3 Å². The van der Waals surface area contributed by atoms with Crippen molar-refractivity contribution in [2.45, 2.75) is 19.9 Å². The maximum atomic E-state index is 13.1. The highest BCUT2D eigenvalue weighted by Crippen LogP contribution is 2.27. The van der Waals surface area contributed by atoms with Crippen molar-refractivity contribution in [3.05, 3.63) is 95.1 Å². The van der Waals surface area contributed by atoms with E-state index in [-0.39, 0.29) is 18.9 Å². The maximum absolute atomic E-state index is 13.1. The van der Waals surface area contributed by atoms with Gasteiger partial charge >= 0.3 is 12.0 Å². The van der Waals surface area contributed by atoms with E-state index in [0.717, 1.165) is 22.8 Å². The number of aryl methyl sites for hydroxylation is 1. The fourth-order valence-electron chi connectivity index (χ4n) is 3.69. The molecule has 0 aliphatic carbocycles. The minimum atomic E-state index is -1.02. The van der Waals surface area contributed by atoms with E-state index in [9.17, 15) is 14.4 Å². The molecule has 3 rings (SSSR count). The molecule has 38 heavy (non-hydrogen) atoms. The number of hydrogen-bond acceptors (Lipinski definition) is 4. The Morgan fingerprint density at radius 3 is 2.34 bits per heavy atom. The zero-order chi connectivity index (χ0) is 27.5. The fourth-order valence-corrected chi connectivity index (χ4v) is 3.69. The molecule has 0 bridgehead atoms. The van der Waals surface area contributed by atoms with E-state index in [2.05, 4.69) is 16.6 Å². The smallest absolute Gasteiger partial charge is 0.328 e. The number of amides is 3. The molecule has 8 nitrogen and oxygen atoms in total. The summed E-state index contributed by atoms with van der Waals surface area (Å²) in [5.74, 6) is 1.75. The molecule has 0 spiro atoms. The van der Waals surface area contributed by atoms with E-state index in [1.165, 1.54) is 13.2 Å². The number of rotatable bonds is 10. The number of benzene rings is 3. The number of nitrogens with zero attached hydrogens (tertiary/aromatic N) is 1. The van der Waals surface area contributed by atoms with Crippen LogP contribution in [-0.2, 0) is 22.6 Å². The number of methoxy groups -OCH3 is 1. The largest absolute Gasteiger partial charge is 0.495 e. The van der Waals surface area contributed by atoms with Gasteiger partial charge in [-0.1, -0.05) is 54.5 Å². The molecule has 0 saturated heterocycles. The van der Waals surface area contributed by atoms with Gasteiger partial charge in [0.25, 0.3) is 0 Å². The quantitative estimate of drug-likeness (QED) is 0.264. The summed E-state index contributed by atoms with van der Waals surface area (Å²) in [5.41, 5.74) is 4.40. The fraction of sp³-hybridized carbons (Fsp3) is 0.167. The van der Waals surface area contributed by atoms with Gasteiger partial charge in [0, 0.05) is 18.3 Å². The predicted octanol–water partition coefficient (Wildman–Crippen LogP) is 4.95. The standard InChI is InChI=1S/C30H29N3O5/c1-4-17-33(20-23-11-9-22(10-12-23)14-16-29(35)36)28(34)19-24-13-15-26(27(18-24)38-3)32-30(37)31-25-8-6-5-7-21(25)2/h1,5-16,18H,17,19-20H2,2-3H3,(H,35,36)(H2,31,32,37)/b16-14+. The average Bonchev–Trinajstić information content (AvgIpc) is 2.90. The molecule has 3 amide bonds. The summed E-state index contributed by atoms with van der Waals surface area (Å²) in [6, 6.07) is 19.4. The van der Waals surface area contributed by atoms with Crippen LogP contribution in [0.5, 0.6) is 5.75 Å². The Kier molecular flexibility index (Phi) is 9.66. The first-order chi connectivity index (χ1) is 18.3. The van der Waals surface area contributed by atoms with Crippen LogP contribution < -0.4 is 15.4 Å². The van der Waals surface area contributed by atoms with Crippen LogP contribution in [0, 0.1) is 19.3 Å². The monoisotopic (exact) mass is 511 g/mol. The van der Waals surface area contributed by atoms with E-state index in [0.29, 0.717) is 29.2 Å². The number of carbonyl (C=O) groups is 3. The Morgan fingerprint density at radius 2 is 1.68 bits per heavy atom. The van der Waals surface area contributed by atoms with Crippen molar-refractivity contribution < 1.29 is 24.2 Å². The van der Waals surface area contributed by atoms with Crippen LogP contribution in [0.1, 0.15) is 22.3 Å². The normalized spacial score (nSPS) is 10.4. The van der Waals surface area contributed by atoms with Gasteiger partial charge in [-0.3, -0.25) is 4.79 Å². The van der Waals surface area contributed by atoms with Crippen LogP contribution in [-0.4, -0.2) is 41.6 Å². The van der Waals surface area contributed by atoms with Crippen molar-refractivity contribution >= 4 is 35.4 Å². The third-order valence-corrected chi connectivity index (χ3v) is 5.67. The lowest BCUT2D eigenvalue weighted by molar-refractivity contribution is -0.131. The highest BCUT2D eigenvalue weighted by molar-refractivity contribution is 6.01. The summed E-state index contributed by atoms with van der Waals surface area (Å²) in [4.78, 5) is 37.8. The highest BCUT2D eigenvalue weighted by atomic mass is 16.5. The molecule has 194 valence electrons. The summed E-state index contributed by atoms with van der Waals surface area (Å²) in [5, 5.41) is 14.3. The molecule has 3 aromatic rings. The molecule has 0 aliphatic rings. The summed E-state index contributed by atoms with van der Waals surface area (Å²) >= 11 is 0. The van der Waals surface area contributed by atoms with Gasteiger partial charge in [0.05, 0.1) is 25.8 Å². The van der Waals surface area contributed by atoms with Crippen molar-refractivity contribution in [3.8, 4) is 18.1 Å². The number of anilines is 2. The van der Waals surface area contributed by atoms with Gasteiger partial charge in [-0.25, -0.2) is 9.59 Å². The predicted molar refractivity (Wildman–Crippen MR) is 148 cm³/mol. The molecule has 0 atom stereocenters. The molecule has 0 radical (unpaired) electrons. The number of terminal acetylenes is 1. The number of carbonyl (C=O) groups excluding carboxylic acids is 2. The number of nitrogens with one attached hydrogen (secondary N) is 2. The third-order valence-electron chi connectivity index (χ3n) is 5.67. The third kappa shape index (κ3) is 8.00. The lowest BCUT2D eigenvalue weighted by atomic mass is 10.1. The Morgan fingerprint density at radius 1 is 1.00 bits per heavy atom. The van der Waals surface area contributed by atoms with Crippen molar-refractivity contribution in [1.29, 1.82) is 0 Å². The second-order valence-electron chi connectivity index (χ2n) is 8.47. The van der Waals surface area contributed by atoms with Crippen LogP contribution >= 0.6 is 0 Å². The van der Waals surface area contributed by atoms with E-state index >= 15 is 0 Å². The van der Waals surface area contributed by atoms with Crippen LogP contribution in [0.2, 0.25) is 0 Å². The van der Waals surface area contributed by atoms with E-state index in [1.54, 1.807) is 35.2 Å². The van der Waals surface area contributed by atoms with Gasteiger partial charge in [-0.05, 0) is 53.5 Å². The van der Waals surface area contributed by atoms with E-state index < -0.39 is 12.0 Å². The van der Waals surface area contributed by atoms with Gasteiger partial charge in [-0.15, -0.1) is 6.42 Å². The summed E-state index contributed by atoms with van der Waals surface area (Å²) in [7, 11) is 1.49. The van der Waals surface area contributed by atoms with Crippen molar-refractivity contribution in [2.24, 2.45) is 0 Å². The molecule has 8 heteroatoms. The highest BCUT2D eigenvalue weighted by Gasteiger charge is 2.16. The number of para-hydroxylation sites is 1. The minimum Gasteiger partial charge on any atom is -0.495 e. The second kappa shape index (κ2) is 13.3. The van der Waals surface area contributed by atoms with Gasteiger partial charge in [0.2, 0.25) is 5.91 Å². The van der Waals surface area contributed by atoms with Crippen LogP contribution in [0.3, 0.4) is 0 Å². The van der Waals surface area contributed by atoms with Crippen LogP contribution in [0.15, 0.2) is 72.8 Å². The first-order valence-corrected chi connectivity index (χ1v) is 11.8. The number of urea groups is 1. The number of carboxylic acid groups (broad SMARTS) is 1. The average molecular weight is 512 g/mol. The Labute approximate surface area is 221 Å². The molecule has 0 fully saturated rings. The van der Waals surface area contributed by atoms with E-state index in [1.807, 2.05) is 43.3 Å².